The molecule has 1 aromatic carbocycles. The fraction of sp³-hybridized carbons (Fsp3) is 0.438. The molecular formula is C16H18Cl2F3NO4S. The largest absolute Gasteiger partial charge is 0.516 e. The van der Waals surface area contributed by atoms with Crippen molar-refractivity contribution in [1.29, 1.82) is 0 Å². The zero-order chi connectivity index (χ0) is 21.0. The number of carboxylic acid groups (broad SMARTS) is 1. The fourth-order valence-electron chi connectivity index (χ4n) is 2.67. The van der Waals surface area contributed by atoms with E-state index in [0.717, 1.165) is 5.92 Å². The fourth-order valence-corrected chi connectivity index (χ4v) is 3.32. The lowest BCUT2D eigenvalue weighted by Gasteiger charge is -2.33. The summed E-state index contributed by atoms with van der Waals surface area (Å²) in [5.74, 6) is 0.726. The quantitative estimate of drug-likeness (QED) is 0.599. The average molecular weight is 448 g/mol. The molecule has 0 saturated carbocycles. The van der Waals surface area contributed by atoms with E-state index < -0.39 is 21.6 Å². The van der Waals surface area contributed by atoms with Gasteiger partial charge >= 0.3 is 21.6 Å². The van der Waals surface area contributed by atoms with Gasteiger partial charge in [0.25, 0.3) is 0 Å². The molecule has 0 bridgehead atoms. The van der Waals surface area contributed by atoms with Gasteiger partial charge in [-0.3, -0.25) is 0 Å². The Kier molecular flexibility index (Phi) is 7.60. The molecule has 2 N–H and O–H groups in total. The summed E-state index contributed by atoms with van der Waals surface area (Å²) in [6.07, 6.45) is 4.64. The Morgan fingerprint density at radius 3 is 2.30 bits per heavy atom. The van der Waals surface area contributed by atoms with Crippen molar-refractivity contribution in [2.75, 3.05) is 0 Å². The van der Waals surface area contributed by atoms with Crippen LogP contribution in [0.25, 0.3) is 0 Å². The van der Waals surface area contributed by atoms with Crippen LogP contribution in [0.15, 0.2) is 30.4 Å². The van der Waals surface area contributed by atoms with Crippen molar-refractivity contribution in [2.45, 2.75) is 37.6 Å². The molecule has 1 aromatic rings. The van der Waals surface area contributed by atoms with Gasteiger partial charge in [-0.1, -0.05) is 55.3 Å². The highest BCUT2D eigenvalue weighted by Gasteiger charge is 2.47. The maximum Gasteiger partial charge on any atom is 0.516 e. The van der Waals surface area contributed by atoms with Gasteiger partial charge in [0.05, 0.1) is 10.0 Å². The van der Waals surface area contributed by atoms with Crippen LogP contribution in [0.1, 0.15) is 32.3 Å². The van der Waals surface area contributed by atoms with E-state index >= 15 is 0 Å². The Morgan fingerprint density at radius 2 is 1.89 bits per heavy atom. The number of rotatable bonds is 2. The van der Waals surface area contributed by atoms with E-state index in [1.165, 1.54) is 18.4 Å². The summed E-state index contributed by atoms with van der Waals surface area (Å²) in [5, 5.41) is 8.89. The summed E-state index contributed by atoms with van der Waals surface area (Å²) < 4.78 is 53.9. The molecular weight excluding hydrogens is 430 g/mol. The molecule has 1 aliphatic carbocycles. The number of halogens is 5. The lowest BCUT2D eigenvalue weighted by molar-refractivity contribution is -0.0446. The third-order valence-electron chi connectivity index (χ3n) is 3.90. The minimum atomic E-state index is -5.75. The van der Waals surface area contributed by atoms with E-state index in [2.05, 4.69) is 32.1 Å². The standard InChI is InChI=1S/C14H16Cl2.C2H2F3NO4S/c1-10-4-3-7-14(2,9-10)11-5-6-12(15)13(16)8-11;3-2(4,5)11(9,10)6-1(7)8/h3,5-8,10H,4,9H2,1-2H3;6H,(H,7,8). The van der Waals surface area contributed by atoms with Crippen LogP contribution in [-0.2, 0) is 15.4 Å². The van der Waals surface area contributed by atoms with Crippen LogP contribution < -0.4 is 4.72 Å². The summed E-state index contributed by atoms with van der Waals surface area (Å²) in [7, 11) is -5.75. The number of hydrogen-bond acceptors (Lipinski definition) is 3. The van der Waals surface area contributed by atoms with Crippen molar-refractivity contribution in [3.63, 3.8) is 0 Å². The van der Waals surface area contributed by atoms with E-state index in [9.17, 15) is 26.4 Å². The Balaban J connectivity index is 0.000000293. The normalized spacial score (nSPS) is 22.6. The number of carbonyl (C=O) groups is 1. The SMILES string of the molecule is CC1CC=CC(C)(c2ccc(Cl)c(Cl)c2)C1.O=C(O)NS(=O)(=O)C(F)(F)F. The monoisotopic (exact) mass is 447 g/mol. The van der Waals surface area contributed by atoms with Crippen LogP contribution >= 0.6 is 23.2 Å². The summed E-state index contributed by atoms with van der Waals surface area (Å²) in [6.45, 7) is 4.55. The molecule has 1 aliphatic rings. The van der Waals surface area contributed by atoms with Crippen LogP contribution in [-0.4, -0.2) is 25.1 Å². The number of sulfonamides is 1. The molecule has 2 atom stereocenters. The van der Waals surface area contributed by atoms with Crippen molar-refractivity contribution in [3.8, 4) is 0 Å². The van der Waals surface area contributed by atoms with E-state index in [-0.39, 0.29) is 5.41 Å². The highest BCUT2D eigenvalue weighted by molar-refractivity contribution is 7.90. The Morgan fingerprint density at radius 1 is 1.30 bits per heavy atom. The van der Waals surface area contributed by atoms with Gasteiger partial charge in [-0.05, 0) is 36.5 Å². The average Bonchev–Trinajstić information content (AvgIpc) is 2.48. The zero-order valence-corrected chi connectivity index (χ0v) is 16.7. The van der Waals surface area contributed by atoms with Gasteiger partial charge in [0.15, 0.2) is 0 Å². The van der Waals surface area contributed by atoms with Crippen LogP contribution in [0.4, 0.5) is 18.0 Å². The second-order valence-corrected chi connectivity index (χ2v) is 8.84. The van der Waals surface area contributed by atoms with Crippen molar-refractivity contribution >= 4 is 39.3 Å². The third kappa shape index (κ3) is 6.58. The zero-order valence-electron chi connectivity index (χ0n) is 14.3. The van der Waals surface area contributed by atoms with E-state index in [1.807, 2.05) is 12.1 Å². The van der Waals surface area contributed by atoms with Gasteiger partial charge in [0.2, 0.25) is 0 Å². The molecule has 2 rings (SSSR count). The Labute approximate surface area is 165 Å². The summed E-state index contributed by atoms with van der Waals surface area (Å²) in [6, 6.07) is 5.96. The minimum Gasteiger partial charge on any atom is -0.464 e. The van der Waals surface area contributed by atoms with Crippen LogP contribution in [0.5, 0.6) is 0 Å². The first-order chi connectivity index (χ1) is 12.2. The molecule has 0 fully saturated rings. The summed E-state index contributed by atoms with van der Waals surface area (Å²) in [5.41, 5.74) is -4.23. The number of alkyl halides is 3. The summed E-state index contributed by atoms with van der Waals surface area (Å²) >= 11 is 12.0. The Bertz CT molecular complexity index is 827. The molecule has 0 heterocycles. The van der Waals surface area contributed by atoms with Gasteiger partial charge in [-0.15, -0.1) is 0 Å². The number of allylic oxidation sites excluding steroid dienone is 2. The van der Waals surface area contributed by atoms with Crippen molar-refractivity contribution < 1.29 is 31.5 Å². The summed E-state index contributed by atoms with van der Waals surface area (Å²) in [4.78, 5) is 9.47. The highest BCUT2D eigenvalue weighted by Crippen LogP contribution is 2.39. The third-order valence-corrected chi connectivity index (χ3v) is 5.69. The molecule has 1 amide bonds. The van der Waals surface area contributed by atoms with Crippen LogP contribution in [0.2, 0.25) is 10.0 Å². The highest BCUT2D eigenvalue weighted by atomic mass is 35.5. The predicted octanol–water partition coefficient (Wildman–Crippen LogP) is 5.34. The molecule has 5 nitrogen and oxygen atoms in total. The Hall–Kier alpha value is -1.45. The minimum absolute atomic E-state index is 0.103. The van der Waals surface area contributed by atoms with E-state index in [0.29, 0.717) is 14.8 Å². The number of hydrogen-bond donors (Lipinski definition) is 2. The van der Waals surface area contributed by atoms with Gasteiger partial charge in [-0.2, -0.15) is 21.6 Å². The van der Waals surface area contributed by atoms with Crippen molar-refractivity contribution in [3.05, 3.63) is 46.0 Å². The molecule has 0 saturated heterocycles. The molecule has 0 radical (unpaired) electrons. The second kappa shape index (κ2) is 8.70. The molecule has 2 unspecified atom stereocenters. The van der Waals surface area contributed by atoms with Crippen molar-refractivity contribution in [1.82, 2.24) is 4.72 Å². The number of nitrogens with one attached hydrogen (secondary N) is 1. The maximum atomic E-state index is 11.3. The van der Waals surface area contributed by atoms with Crippen LogP contribution in [0.3, 0.4) is 0 Å². The van der Waals surface area contributed by atoms with Gasteiger partial charge in [0.1, 0.15) is 0 Å². The van der Waals surface area contributed by atoms with Crippen LogP contribution in [0, 0.1) is 5.92 Å². The van der Waals surface area contributed by atoms with Gasteiger partial charge in [-0.25, -0.2) is 9.52 Å². The molecule has 0 aromatic heterocycles. The van der Waals surface area contributed by atoms with E-state index in [4.69, 9.17) is 28.3 Å². The predicted molar refractivity (Wildman–Crippen MR) is 97.5 cm³/mol. The van der Waals surface area contributed by atoms with E-state index in [1.54, 1.807) is 0 Å². The molecule has 27 heavy (non-hydrogen) atoms. The number of benzene rings is 1. The first-order valence-electron chi connectivity index (χ1n) is 7.63. The van der Waals surface area contributed by atoms with Crippen molar-refractivity contribution in [2.24, 2.45) is 5.92 Å². The molecule has 11 heteroatoms. The smallest absolute Gasteiger partial charge is 0.464 e. The molecule has 152 valence electrons. The molecule has 0 spiro atoms. The maximum absolute atomic E-state index is 11.3. The molecule has 0 aliphatic heterocycles. The first-order valence-corrected chi connectivity index (χ1v) is 9.87. The topological polar surface area (TPSA) is 83.5 Å². The first kappa shape index (κ1) is 23.6. The van der Waals surface area contributed by atoms with Gasteiger partial charge < -0.3 is 5.11 Å². The lowest BCUT2D eigenvalue weighted by Crippen LogP contribution is -2.39. The second-order valence-electron chi connectivity index (χ2n) is 6.35. The number of amides is 1. The van der Waals surface area contributed by atoms with Gasteiger partial charge in [0, 0.05) is 5.41 Å². The lowest BCUT2D eigenvalue weighted by atomic mass is 9.72.